The first-order valence-corrected chi connectivity index (χ1v) is 7.09. The van der Waals surface area contributed by atoms with Crippen LogP contribution in [-0.4, -0.2) is 5.78 Å². The zero-order chi connectivity index (χ0) is 14.7. The zero-order valence-electron chi connectivity index (χ0n) is 11.4. The number of rotatable bonds is 3. The average molecular weight is 328 g/mol. The molecule has 2 aromatic carbocycles. The number of hydrogen-bond acceptors (Lipinski definition) is 2. The van der Waals surface area contributed by atoms with Crippen molar-refractivity contribution in [3.05, 3.63) is 69.2 Å². The molecule has 0 saturated heterocycles. The van der Waals surface area contributed by atoms with Gasteiger partial charge in [0.2, 0.25) is 0 Å². The van der Waals surface area contributed by atoms with Crippen molar-refractivity contribution in [1.82, 2.24) is 0 Å². The van der Waals surface area contributed by atoms with Crippen LogP contribution in [0.15, 0.2) is 46.9 Å². The second kappa shape index (κ2) is 6.02. The highest BCUT2D eigenvalue weighted by atomic mass is 79.9. The van der Waals surface area contributed by atoms with Gasteiger partial charge in [0.15, 0.2) is 5.78 Å². The Hall–Kier alpha value is -1.92. The maximum absolute atomic E-state index is 12.6. The lowest BCUT2D eigenvalue weighted by Gasteiger charge is -2.11. The summed E-state index contributed by atoms with van der Waals surface area (Å²) in [6.45, 7) is 3.88. The summed E-state index contributed by atoms with van der Waals surface area (Å²) in [5, 5.41) is 9.34. The largest absolute Gasteiger partial charge is 0.292 e. The predicted octanol–water partition coefficient (Wildman–Crippen LogP) is 4.56. The molecule has 0 aliphatic rings. The minimum absolute atomic E-state index is 0.146. The molecule has 2 rings (SSSR count). The van der Waals surface area contributed by atoms with Crippen molar-refractivity contribution < 1.29 is 4.79 Å². The fourth-order valence-electron chi connectivity index (χ4n) is 2.19. The lowest BCUT2D eigenvalue weighted by Crippen LogP contribution is -2.12. The van der Waals surface area contributed by atoms with Gasteiger partial charge in [0.05, 0.1) is 6.07 Å². The quantitative estimate of drug-likeness (QED) is 0.775. The van der Waals surface area contributed by atoms with Crippen molar-refractivity contribution in [3.8, 4) is 6.07 Å². The molecular weight excluding hydrogens is 314 g/mol. The minimum Gasteiger partial charge on any atom is -0.292 e. The summed E-state index contributed by atoms with van der Waals surface area (Å²) in [7, 11) is 0. The lowest BCUT2D eigenvalue weighted by molar-refractivity contribution is 0.0978. The molecule has 3 heteroatoms. The van der Waals surface area contributed by atoms with Crippen LogP contribution in [0.25, 0.3) is 0 Å². The van der Waals surface area contributed by atoms with Gasteiger partial charge in [-0.25, -0.2) is 0 Å². The molecule has 2 aromatic rings. The Balaban J connectivity index is 2.39. The second-order valence-electron chi connectivity index (χ2n) is 4.80. The Bertz CT molecular complexity index is 683. The zero-order valence-corrected chi connectivity index (χ0v) is 12.9. The van der Waals surface area contributed by atoms with Crippen LogP contribution in [0.5, 0.6) is 0 Å². The number of carbonyl (C=O) groups is 1. The maximum atomic E-state index is 12.6. The molecule has 0 heterocycles. The van der Waals surface area contributed by atoms with Crippen molar-refractivity contribution in [3.63, 3.8) is 0 Å². The molecule has 0 aliphatic carbocycles. The fourth-order valence-corrected chi connectivity index (χ4v) is 2.45. The number of nitrogens with zero attached hydrogens (tertiary/aromatic N) is 1. The molecule has 100 valence electrons. The van der Waals surface area contributed by atoms with E-state index in [9.17, 15) is 10.1 Å². The SMILES string of the molecule is Cc1ccc(C(=O)C(C#N)c2ccc(Br)cc2)c(C)c1. The standard InChI is InChI=1S/C17H14BrNO/c1-11-3-8-15(12(2)9-11)17(20)16(10-19)13-4-6-14(18)7-5-13/h3-9,16H,1-2H3. The third kappa shape index (κ3) is 2.97. The first kappa shape index (κ1) is 14.5. The van der Waals surface area contributed by atoms with Crippen LogP contribution < -0.4 is 0 Å². The number of benzene rings is 2. The van der Waals surface area contributed by atoms with Gasteiger partial charge in [-0.1, -0.05) is 51.8 Å². The lowest BCUT2D eigenvalue weighted by atomic mass is 9.89. The number of carbonyl (C=O) groups excluding carboxylic acids is 1. The molecule has 1 atom stereocenters. The molecule has 2 nitrogen and oxygen atoms in total. The summed E-state index contributed by atoms with van der Waals surface area (Å²) in [4.78, 5) is 12.6. The molecule has 0 aromatic heterocycles. The van der Waals surface area contributed by atoms with E-state index < -0.39 is 5.92 Å². The maximum Gasteiger partial charge on any atom is 0.184 e. The van der Waals surface area contributed by atoms with Gasteiger partial charge >= 0.3 is 0 Å². The van der Waals surface area contributed by atoms with Gasteiger partial charge < -0.3 is 0 Å². The van der Waals surface area contributed by atoms with Crippen molar-refractivity contribution >= 4 is 21.7 Å². The summed E-state index contributed by atoms with van der Waals surface area (Å²) in [6.07, 6.45) is 0. The number of halogens is 1. The Morgan fingerprint density at radius 1 is 1.15 bits per heavy atom. The Labute approximate surface area is 127 Å². The van der Waals surface area contributed by atoms with Gasteiger partial charge in [-0.15, -0.1) is 0 Å². The molecule has 0 N–H and O–H groups in total. The van der Waals surface area contributed by atoms with Gasteiger partial charge in [0, 0.05) is 10.0 Å². The van der Waals surface area contributed by atoms with E-state index in [-0.39, 0.29) is 5.78 Å². The number of Topliss-reactive ketones (excluding diaryl/α,β-unsaturated/α-hetero) is 1. The van der Waals surface area contributed by atoms with Gasteiger partial charge in [-0.05, 0) is 37.1 Å². The summed E-state index contributed by atoms with van der Waals surface area (Å²) in [5.41, 5.74) is 3.36. The molecular formula is C17H14BrNO. The number of nitriles is 1. The van der Waals surface area contributed by atoms with E-state index in [0.29, 0.717) is 5.56 Å². The number of ketones is 1. The number of aryl methyl sites for hydroxylation is 2. The third-order valence-electron chi connectivity index (χ3n) is 3.24. The van der Waals surface area contributed by atoms with Crippen LogP contribution in [0.2, 0.25) is 0 Å². The molecule has 0 spiro atoms. The molecule has 0 saturated carbocycles. The summed E-state index contributed by atoms with van der Waals surface area (Å²) in [5.74, 6) is -0.906. The van der Waals surface area contributed by atoms with E-state index in [1.807, 2.05) is 38.1 Å². The summed E-state index contributed by atoms with van der Waals surface area (Å²) >= 11 is 3.35. The molecule has 0 aliphatic heterocycles. The van der Waals surface area contributed by atoms with E-state index >= 15 is 0 Å². The Morgan fingerprint density at radius 3 is 2.35 bits per heavy atom. The normalized spacial score (nSPS) is 11.7. The van der Waals surface area contributed by atoms with Crippen LogP contribution in [-0.2, 0) is 0 Å². The van der Waals surface area contributed by atoms with Gasteiger partial charge in [0.1, 0.15) is 5.92 Å². The van der Waals surface area contributed by atoms with Crippen molar-refractivity contribution in [2.45, 2.75) is 19.8 Å². The molecule has 0 radical (unpaired) electrons. The first-order valence-electron chi connectivity index (χ1n) is 6.29. The van der Waals surface area contributed by atoms with Gasteiger partial charge in [-0.3, -0.25) is 4.79 Å². The van der Waals surface area contributed by atoms with Crippen molar-refractivity contribution in [2.24, 2.45) is 0 Å². The molecule has 0 amide bonds. The Morgan fingerprint density at radius 2 is 1.80 bits per heavy atom. The van der Waals surface area contributed by atoms with Crippen LogP contribution in [0.4, 0.5) is 0 Å². The highest BCUT2D eigenvalue weighted by molar-refractivity contribution is 9.10. The Kier molecular flexibility index (Phi) is 4.36. The second-order valence-corrected chi connectivity index (χ2v) is 5.71. The van der Waals surface area contributed by atoms with Crippen LogP contribution >= 0.6 is 15.9 Å². The topological polar surface area (TPSA) is 40.9 Å². The van der Waals surface area contributed by atoms with Gasteiger partial charge in [0.25, 0.3) is 0 Å². The van der Waals surface area contributed by atoms with E-state index in [2.05, 4.69) is 22.0 Å². The first-order chi connectivity index (χ1) is 9.52. The molecule has 0 bridgehead atoms. The minimum atomic E-state index is -0.760. The van der Waals surface area contributed by atoms with Crippen molar-refractivity contribution in [2.75, 3.05) is 0 Å². The molecule has 0 fully saturated rings. The van der Waals surface area contributed by atoms with Crippen LogP contribution in [0, 0.1) is 25.2 Å². The number of hydrogen-bond donors (Lipinski definition) is 0. The summed E-state index contributed by atoms with van der Waals surface area (Å²) < 4.78 is 0.928. The van der Waals surface area contributed by atoms with Crippen LogP contribution in [0.1, 0.15) is 33.0 Å². The van der Waals surface area contributed by atoms with Crippen LogP contribution in [0.3, 0.4) is 0 Å². The predicted molar refractivity (Wildman–Crippen MR) is 82.7 cm³/mol. The van der Waals surface area contributed by atoms with E-state index in [1.54, 1.807) is 18.2 Å². The molecule has 1 unspecified atom stereocenters. The highest BCUT2D eigenvalue weighted by Crippen LogP contribution is 2.24. The van der Waals surface area contributed by atoms with E-state index in [0.717, 1.165) is 21.2 Å². The third-order valence-corrected chi connectivity index (χ3v) is 3.77. The summed E-state index contributed by atoms with van der Waals surface area (Å²) in [6, 6.07) is 15.1. The monoisotopic (exact) mass is 327 g/mol. The average Bonchev–Trinajstić information content (AvgIpc) is 2.41. The van der Waals surface area contributed by atoms with E-state index in [4.69, 9.17) is 0 Å². The van der Waals surface area contributed by atoms with E-state index in [1.165, 1.54) is 0 Å². The molecule has 20 heavy (non-hydrogen) atoms. The fraction of sp³-hybridized carbons (Fsp3) is 0.176. The van der Waals surface area contributed by atoms with Gasteiger partial charge in [-0.2, -0.15) is 5.26 Å². The smallest absolute Gasteiger partial charge is 0.184 e. The van der Waals surface area contributed by atoms with Crippen molar-refractivity contribution in [1.29, 1.82) is 5.26 Å². The highest BCUT2D eigenvalue weighted by Gasteiger charge is 2.22.